The summed E-state index contributed by atoms with van der Waals surface area (Å²) in [5, 5.41) is 0. The molecule has 0 amide bonds. The third kappa shape index (κ3) is 5.59. The number of rotatable bonds is 6. The van der Waals surface area contributed by atoms with Crippen LogP contribution in [0.25, 0.3) is 0 Å². The molecule has 0 fully saturated rings. The van der Waals surface area contributed by atoms with Gasteiger partial charge in [0.25, 0.3) is 0 Å². The Morgan fingerprint density at radius 3 is 2.24 bits per heavy atom. The number of carbonyl (C=O) groups is 2. The van der Waals surface area contributed by atoms with Crippen LogP contribution in [-0.2, 0) is 19.1 Å². The highest BCUT2D eigenvalue weighted by atomic mass is 79.9. The van der Waals surface area contributed by atoms with Gasteiger partial charge < -0.3 is 9.47 Å². The standard InChI is InChI=1S/C14H15Br2NO4/c1-3-20-13(18)10(14(19)21-4-2)8-17-12-6-5-9(15)7-11(12)16/h5-8,10H,3-4H2,1-2H3. The number of halogens is 2. The van der Waals surface area contributed by atoms with E-state index in [1.54, 1.807) is 26.0 Å². The quantitative estimate of drug-likeness (QED) is 0.400. The molecule has 0 saturated carbocycles. The molecule has 0 heterocycles. The third-order valence-corrected chi connectivity index (χ3v) is 3.48. The van der Waals surface area contributed by atoms with Crippen LogP contribution in [0.4, 0.5) is 5.69 Å². The summed E-state index contributed by atoms with van der Waals surface area (Å²) >= 11 is 6.69. The van der Waals surface area contributed by atoms with Crippen molar-refractivity contribution in [3.05, 3.63) is 27.1 Å². The van der Waals surface area contributed by atoms with Crippen molar-refractivity contribution in [1.29, 1.82) is 0 Å². The van der Waals surface area contributed by atoms with Crippen LogP contribution in [0.1, 0.15) is 13.8 Å². The van der Waals surface area contributed by atoms with E-state index < -0.39 is 17.9 Å². The zero-order chi connectivity index (χ0) is 15.8. The topological polar surface area (TPSA) is 65.0 Å². The molecule has 0 atom stereocenters. The lowest BCUT2D eigenvalue weighted by Crippen LogP contribution is -2.29. The maximum absolute atomic E-state index is 11.8. The number of nitrogens with zero attached hydrogens (tertiary/aromatic N) is 1. The molecule has 0 bridgehead atoms. The second-order valence-corrected chi connectivity index (χ2v) is 5.63. The van der Waals surface area contributed by atoms with Crippen LogP contribution < -0.4 is 0 Å². The first-order valence-corrected chi connectivity index (χ1v) is 7.90. The average Bonchev–Trinajstić information content (AvgIpc) is 2.41. The van der Waals surface area contributed by atoms with Gasteiger partial charge in [0.2, 0.25) is 0 Å². The monoisotopic (exact) mass is 419 g/mol. The Morgan fingerprint density at radius 2 is 1.76 bits per heavy atom. The van der Waals surface area contributed by atoms with E-state index in [0.29, 0.717) is 5.69 Å². The molecule has 0 aliphatic rings. The van der Waals surface area contributed by atoms with Crippen molar-refractivity contribution in [2.75, 3.05) is 13.2 Å². The summed E-state index contributed by atoms with van der Waals surface area (Å²) in [4.78, 5) is 27.7. The number of hydrogen-bond acceptors (Lipinski definition) is 5. The van der Waals surface area contributed by atoms with Gasteiger partial charge in [-0.15, -0.1) is 0 Å². The second-order valence-electron chi connectivity index (χ2n) is 3.86. The fourth-order valence-electron chi connectivity index (χ4n) is 1.42. The summed E-state index contributed by atoms with van der Waals surface area (Å²) in [5.41, 5.74) is 0.594. The van der Waals surface area contributed by atoms with Crippen molar-refractivity contribution in [3.63, 3.8) is 0 Å². The molecule has 7 heteroatoms. The average molecular weight is 421 g/mol. The molecule has 1 rings (SSSR count). The Labute approximate surface area is 140 Å². The number of aliphatic imine (C=N–C) groups is 1. The van der Waals surface area contributed by atoms with Crippen LogP contribution in [0.2, 0.25) is 0 Å². The van der Waals surface area contributed by atoms with Crippen LogP contribution in [0.3, 0.4) is 0 Å². The van der Waals surface area contributed by atoms with Gasteiger partial charge in [-0.05, 0) is 48.0 Å². The van der Waals surface area contributed by atoms with Gasteiger partial charge in [0, 0.05) is 15.2 Å². The van der Waals surface area contributed by atoms with Gasteiger partial charge >= 0.3 is 11.9 Å². The molecule has 0 N–H and O–H groups in total. The molecule has 1 aromatic rings. The van der Waals surface area contributed by atoms with Crippen LogP contribution in [0.5, 0.6) is 0 Å². The largest absolute Gasteiger partial charge is 0.465 e. The zero-order valence-corrected chi connectivity index (χ0v) is 14.8. The number of esters is 2. The lowest BCUT2D eigenvalue weighted by Gasteiger charge is -2.10. The lowest BCUT2D eigenvalue weighted by atomic mass is 10.1. The minimum atomic E-state index is -1.17. The Hall–Kier alpha value is -1.21. The first-order valence-electron chi connectivity index (χ1n) is 6.32. The van der Waals surface area contributed by atoms with Crippen LogP contribution in [0.15, 0.2) is 32.1 Å². The maximum atomic E-state index is 11.8. The Balaban J connectivity index is 2.96. The van der Waals surface area contributed by atoms with E-state index in [0.717, 1.165) is 8.95 Å². The van der Waals surface area contributed by atoms with E-state index >= 15 is 0 Å². The van der Waals surface area contributed by atoms with Gasteiger partial charge in [-0.25, -0.2) is 0 Å². The van der Waals surface area contributed by atoms with Gasteiger partial charge in [-0.1, -0.05) is 15.9 Å². The van der Waals surface area contributed by atoms with Crippen LogP contribution in [0, 0.1) is 5.92 Å². The molecule has 0 radical (unpaired) electrons. The molecule has 0 aliphatic carbocycles. The minimum absolute atomic E-state index is 0.185. The van der Waals surface area contributed by atoms with Gasteiger partial charge in [0.05, 0.1) is 18.9 Å². The highest BCUT2D eigenvalue weighted by Crippen LogP contribution is 2.28. The number of benzene rings is 1. The molecule has 0 unspecified atom stereocenters. The summed E-state index contributed by atoms with van der Waals surface area (Å²) < 4.78 is 11.3. The molecular formula is C14H15Br2NO4. The molecule has 0 spiro atoms. The maximum Gasteiger partial charge on any atom is 0.325 e. The Kier molecular flexibility index (Phi) is 7.60. The van der Waals surface area contributed by atoms with Gasteiger partial charge in [0.15, 0.2) is 5.92 Å². The first kappa shape index (κ1) is 17.8. The predicted octanol–water partition coefficient (Wildman–Crippen LogP) is 3.66. The SMILES string of the molecule is CCOC(=O)C(C=Nc1ccc(Br)cc1Br)C(=O)OCC. The van der Waals surface area contributed by atoms with Crippen molar-refractivity contribution in [3.8, 4) is 0 Å². The van der Waals surface area contributed by atoms with E-state index in [9.17, 15) is 9.59 Å². The third-order valence-electron chi connectivity index (χ3n) is 2.35. The highest BCUT2D eigenvalue weighted by Gasteiger charge is 2.27. The molecule has 114 valence electrons. The molecule has 21 heavy (non-hydrogen) atoms. The first-order chi connectivity index (χ1) is 9.99. The predicted molar refractivity (Wildman–Crippen MR) is 86.8 cm³/mol. The molecule has 1 aromatic carbocycles. The van der Waals surface area contributed by atoms with Gasteiger partial charge in [0.1, 0.15) is 0 Å². The summed E-state index contributed by atoms with van der Waals surface area (Å²) in [7, 11) is 0. The lowest BCUT2D eigenvalue weighted by molar-refractivity contribution is -0.157. The van der Waals surface area contributed by atoms with Crippen molar-refractivity contribution in [1.82, 2.24) is 0 Å². The van der Waals surface area contributed by atoms with Gasteiger partial charge in [-0.3, -0.25) is 14.6 Å². The van der Waals surface area contributed by atoms with E-state index in [2.05, 4.69) is 36.9 Å². The number of hydrogen-bond donors (Lipinski definition) is 0. The second kappa shape index (κ2) is 8.94. The smallest absolute Gasteiger partial charge is 0.325 e. The molecule has 5 nitrogen and oxygen atoms in total. The van der Waals surface area contributed by atoms with Crippen molar-refractivity contribution < 1.29 is 19.1 Å². The normalized spacial score (nSPS) is 10.9. The summed E-state index contributed by atoms with van der Waals surface area (Å²) in [6, 6.07) is 5.37. The number of carbonyl (C=O) groups excluding carboxylic acids is 2. The Morgan fingerprint density at radius 1 is 1.19 bits per heavy atom. The molecule has 0 aromatic heterocycles. The summed E-state index contributed by atoms with van der Waals surface area (Å²) in [6.45, 7) is 3.71. The summed E-state index contributed by atoms with van der Waals surface area (Å²) in [5.74, 6) is -2.51. The van der Waals surface area contributed by atoms with E-state index in [1.807, 2.05) is 6.07 Å². The fourth-order valence-corrected chi connectivity index (χ4v) is 2.57. The van der Waals surface area contributed by atoms with Crippen molar-refractivity contribution in [2.24, 2.45) is 10.9 Å². The molecule has 0 saturated heterocycles. The fraction of sp³-hybridized carbons (Fsp3) is 0.357. The van der Waals surface area contributed by atoms with E-state index in [4.69, 9.17) is 9.47 Å². The highest BCUT2D eigenvalue weighted by molar-refractivity contribution is 9.11. The zero-order valence-electron chi connectivity index (χ0n) is 11.6. The minimum Gasteiger partial charge on any atom is -0.465 e. The molecule has 0 aliphatic heterocycles. The van der Waals surface area contributed by atoms with Gasteiger partial charge in [-0.2, -0.15) is 0 Å². The van der Waals surface area contributed by atoms with Crippen LogP contribution in [-0.4, -0.2) is 31.4 Å². The van der Waals surface area contributed by atoms with Crippen molar-refractivity contribution >= 4 is 55.7 Å². The summed E-state index contributed by atoms with van der Waals surface area (Å²) in [6.07, 6.45) is 1.24. The van der Waals surface area contributed by atoms with Crippen LogP contribution >= 0.6 is 31.9 Å². The molecular weight excluding hydrogens is 406 g/mol. The van der Waals surface area contributed by atoms with E-state index in [1.165, 1.54) is 6.21 Å². The van der Waals surface area contributed by atoms with Crippen molar-refractivity contribution in [2.45, 2.75) is 13.8 Å². The number of ether oxygens (including phenoxy) is 2. The van der Waals surface area contributed by atoms with E-state index in [-0.39, 0.29) is 13.2 Å². The Bertz CT molecular complexity index is 528.